The second kappa shape index (κ2) is 15.1. The Bertz CT molecular complexity index is 1360. The quantitative estimate of drug-likeness (QED) is 0.160. The van der Waals surface area contributed by atoms with Crippen LogP contribution in [0.15, 0.2) is 77.9 Å². The van der Waals surface area contributed by atoms with Crippen LogP contribution < -0.4 is 15.6 Å². The second-order valence-corrected chi connectivity index (χ2v) is 9.81. The molecule has 0 saturated heterocycles. The van der Waals surface area contributed by atoms with Crippen molar-refractivity contribution < 1.29 is 19.4 Å². The molecule has 12 nitrogen and oxygen atoms in total. The highest BCUT2D eigenvalue weighted by molar-refractivity contribution is 7.98. The number of carbonyl (C=O) groups excluding carboxylic acids is 2. The molecule has 0 unspecified atom stereocenters. The predicted octanol–water partition coefficient (Wildman–Crippen LogP) is 4.53. The SMILES string of the molecule is CCN(CC)c1ccc(C=NNC(=O)[C@H](CSCc2ccccc2)NC(=O)c2cc([N+](=O)[O-])cc([N+](=O)[O-])c2)cc1. The first-order valence-corrected chi connectivity index (χ1v) is 13.9. The summed E-state index contributed by atoms with van der Waals surface area (Å²) in [4.78, 5) is 49.0. The Morgan fingerprint density at radius 2 is 1.56 bits per heavy atom. The van der Waals surface area contributed by atoms with Gasteiger partial charge < -0.3 is 10.2 Å². The molecule has 0 fully saturated rings. The standard InChI is InChI=1S/C28H30N6O6S/c1-3-32(4-2)23-12-10-20(11-13-23)17-29-31-28(36)26(19-41-18-21-8-6-5-7-9-21)30-27(35)22-14-24(33(37)38)16-25(15-22)34(39)40/h5-17,26H,3-4,18-19H2,1-2H3,(H,30,35)(H,31,36)/t26-/m0/s1. The maximum Gasteiger partial charge on any atom is 0.277 e. The van der Waals surface area contributed by atoms with E-state index in [-0.39, 0.29) is 11.3 Å². The van der Waals surface area contributed by atoms with E-state index in [0.29, 0.717) is 5.75 Å². The number of hydrazone groups is 1. The summed E-state index contributed by atoms with van der Waals surface area (Å²) in [7, 11) is 0. The Labute approximate surface area is 241 Å². The molecule has 2 N–H and O–H groups in total. The summed E-state index contributed by atoms with van der Waals surface area (Å²) in [6.07, 6.45) is 1.48. The lowest BCUT2D eigenvalue weighted by Crippen LogP contribution is -2.47. The van der Waals surface area contributed by atoms with Crippen LogP contribution in [0.5, 0.6) is 0 Å². The van der Waals surface area contributed by atoms with Crippen LogP contribution in [0.1, 0.15) is 35.3 Å². The van der Waals surface area contributed by atoms with E-state index in [4.69, 9.17) is 0 Å². The molecule has 3 rings (SSSR count). The maximum absolute atomic E-state index is 13.0. The highest BCUT2D eigenvalue weighted by Gasteiger charge is 2.25. The summed E-state index contributed by atoms with van der Waals surface area (Å²) >= 11 is 1.39. The lowest BCUT2D eigenvalue weighted by molar-refractivity contribution is -0.394. The molecule has 13 heteroatoms. The molecule has 41 heavy (non-hydrogen) atoms. The number of hydrogen-bond donors (Lipinski definition) is 2. The topological polar surface area (TPSA) is 160 Å². The average Bonchev–Trinajstić information content (AvgIpc) is 2.98. The van der Waals surface area contributed by atoms with Crippen molar-refractivity contribution in [1.29, 1.82) is 0 Å². The summed E-state index contributed by atoms with van der Waals surface area (Å²) in [5.41, 5.74) is 3.73. The van der Waals surface area contributed by atoms with Gasteiger partial charge in [0.15, 0.2) is 0 Å². The summed E-state index contributed by atoms with van der Waals surface area (Å²) in [6.45, 7) is 5.89. The van der Waals surface area contributed by atoms with Crippen LogP contribution in [0, 0.1) is 20.2 Å². The van der Waals surface area contributed by atoms with Gasteiger partial charge in [-0.05, 0) is 37.1 Å². The van der Waals surface area contributed by atoms with Crippen molar-refractivity contribution in [2.75, 3.05) is 23.7 Å². The van der Waals surface area contributed by atoms with Gasteiger partial charge in [0.05, 0.1) is 27.7 Å². The predicted molar refractivity (Wildman–Crippen MR) is 159 cm³/mol. The number of thioether (sulfide) groups is 1. The molecule has 2 amide bonds. The molecule has 0 aliphatic carbocycles. The Hall–Kier alpha value is -4.78. The van der Waals surface area contributed by atoms with E-state index < -0.39 is 39.1 Å². The van der Waals surface area contributed by atoms with E-state index in [1.54, 1.807) is 0 Å². The van der Waals surface area contributed by atoms with Crippen molar-refractivity contribution in [3.8, 4) is 0 Å². The molecular weight excluding hydrogens is 548 g/mol. The summed E-state index contributed by atoms with van der Waals surface area (Å²) in [5.74, 6) is -0.772. The van der Waals surface area contributed by atoms with Gasteiger partial charge in [0.25, 0.3) is 23.2 Å². The number of amides is 2. The molecule has 0 aliphatic rings. The monoisotopic (exact) mass is 578 g/mol. The number of nitro benzene ring substituents is 2. The lowest BCUT2D eigenvalue weighted by Gasteiger charge is -2.20. The van der Waals surface area contributed by atoms with E-state index in [1.165, 1.54) is 18.0 Å². The number of carbonyl (C=O) groups is 2. The number of nitro groups is 2. The van der Waals surface area contributed by atoms with Crippen LogP contribution in [0.25, 0.3) is 0 Å². The normalized spacial score (nSPS) is 11.6. The van der Waals surface area contributed by atoms with Gasteiger partial charge in [-0.25, -0.2) is 5.43 Å². The zero-order valence-corrected chi connectivity index (χ0v) is 23.4. The van der Waals surface area contributed by atoms with E-state index in [0.717, 1.165) is 48.1 Å². The van der Waals surface area contributed by atoms with Crippen molar-refractivity contribution in [3.63, 3.8) is 0 Å². The average molecular weight is 579 g/mol. The van der Waals surface area contributed by atoms with Crippen molar-refractivity contribution in [1.82, 2.24) is 10.7 Å². The van der Waals surface area contributed by atoms with E-state index in [2.05, 4.69) is 34.6 Å². The van der Waals surface area contributed by atoms with Crippen LogP contribution >= 0.6 is 11.8 Å². The Morgan fingerprint density at radius 3 is 2.12 bits per heavy atom. The van der Waals surface area contributed by atoms with Gasteiger partial charge in [0, 0.05) is 42.4 Å². The third kappa shape index (κ3) is 9.14. The van der Waals surface area contributed by atoms with Crippen LogP contribution in [0.3, 0.4) is 0 Å². The third-order valence-electron chi connectivity index (χ3n) is 6.01. The lowest BCUT2D eigenvalue weighted by atomic mass is 10.1. The first-order chi connectivity index (χ1) is 19.7. The molecule has 1 atom stereocenters. The van der Waals surface area contributed by atoms with Gasteiger partial charge in [-0.2, -0.15) is 16.9 Å². The molecule has 0 bridgehead atoms. The zero-order valence-electron chi connectivity index (χ0n) is 22.6. The molecule has 0 saturated carbocycles. The Morgan fingerprint density at radius 1 is 0.951 bits per heavy atom. The van der Waals surface area contributed by atoms with Crippen LogP contribution in [-0.2, 0) is 10.5 Å². The highest BCUT2D eigenvalue weighted by Crippen LogP contribution is 2.23. The molecule has 0 aliphatic heterocycles. The summed E-state index contributed by atoms with van der Waals surface area (Å²) < 4.78 is 0. The number of non-ortho nitro benzene ring substituents is 2. The smallest absolute Gasteiger partial charge is 0.277 e. The molecule has 0 radical (unpaired) electrons. The number of rotatable bonds is 14. The largest absolute Gasteiger partial charge is 0.372 e. The third-order valence-corrected chi connectivity index (χ3v) is 7.12. The number of benzene rings is 3. The van der Waals surface area contributed by atoms with Crippen molar-refractivity contribution >= 4 is 46.9 Å². The number of hydrogen-bond acceptors (Lipinski definition) is 9. The molecule has 0 spiro atoms. The molecule has 3 aromatic carbocycles. The zero-order chi connectivity index (χ0) is 29.8. The fraction of sp³-hybridized carbons (Fsp3) is 0.250. The maximum atomic E-state index is 13.0. The van der Waals surface area contributed by atoms with Gasteiger partial charge >= 0.3 is 0 Å². The van der Waals surface area contributed by atoms with Crippen molar-refractivity contribution in [3.05, 3.63) is 110 Å². The molecule has 3 aromatic rings. The minimum atomic E-state index is -1.09. The van der Waals surface area contributed by atoms with Crippen LogP contribution in [0.4, 0.5) is 17.1 Å². The minimum absolute atomic E-state index is 0.150. The fourth-order valence-corrected chi connectivity index (χ4v) is 4.86. The summed E-state index contributed by atoms with van der Waals surface area (Å²) in [5, 5.41) is 29.0. The van der Waals surface area contributed by atoms with Crippen LogP contribution in [0.2, 0.25) is 0 Å². The second-order valence-electron chi connectivity index (χ2n) is 8.78. The Kier molecular flexibility index (Phi) is 11.3. The van der Waals surface area contributed by atoms with E-state index in [1.807, 2.05) is 54.6 Å². The highest BCUT2D eigenvalue weighted by atomic mass is 32.2. The molecule has 0 heterocycles. The van der Waals surface area contributed by atoms with Gasteiger partial charge in [-0.1, -0.05) is 42.5 Å². The Balaban J connectivity index is 1.74. The van der Waals surface area contributed by atoms with Gasteiger partial charge in [0.2, 0.25) is 0 Å². The molecular formula is C28H30N6O6S. The van der Waals surface area contributed by atoms with E-state index in [9.17, 15) is 29.8 Å². The summed E-state index contributed by atoms with van der Waals surface area (Å²) in [6, 6.07) is 18.7. The minimum Gasteiger partial charge on any atom is -0.372 e. The van der Waals surface area contributed by atoms with Gasteiger partial charge in [-0.15, -0.1) is 0 Å². The van der Waals surface area contributed by atoms with E-state index >= 15 is 0 Å². The van der Waals surface area contributed by atoms with Gasteiger partial charge in [0.1, 0.15) is 6.04 Å². The first-order valence-electron chi connectivity index (χ1n) is 12.8. The number of anilines is 1. The van der Waals surface area contributed by atoms with Crippen LogP contribution in [-0.4, -0.2) is 52.8 Å². The number of nitrogens with one attached hydrogen (secondary N) is 2. The first kappa shape index (κ1) is 30.8. The van der Waals surface area contributed by atoms with Crippen molar-refractivity contribution in [2.24, 2.45) is 5.10 Å². The van der Waals surface area contributed by atoms with Gasteiger partial charge in [-0.3, -0.25) is 29.8 Å². The number of nitrogens with zero attached hydrogens (tertiary/aromatic N) is 4. The van der Waals surface area contributed by atoms with Crippen molar-refractivity contribution in [2.45, 2.75) is 25.6 Å². The molecule has 214 valence electrons. The molecule has 0 aromatic heterocycles. The fourth-order valence-electron chi connectivity index (χ4n) is 3.84.